The molecule has 0 saturated carbocycles. The molecule has 0 aliphatic rings. The first kappa shape index (κ1) is 22.3. The second-order valence-electron chi connectivity index (χ2n) is 6.99. The number of halogens is 2. The van der Waals surface area contributed by atoms with Gasteiger partial charge in [0.2, 0.25) is 0 Å². The van der Waals surface area contributed by atoms with Crippen molar-refractivity contribution in [2.45, 2.75) is 23.6 Å². The summed E-state index contributed by atoms with van der Waals surface area (Å²) in [5.74, 6) is 1.01. The number of thioether (sulfide) groups is 1. The summed E-state index contributed by atoms with van der Waals surface area (Å²) in [7, 11) is 0. The summed E-state index contributed by atoms with van der Waals surface area (Å²) in [5, 5.41) is 16.1. The van der Waals surface area contributed by atoms with Crippen LogP contribution in [0.15, 0.2) is 77.7 Å². The topological polar surface area (TPSA) is 72.7 Å². The summed E-state index contributed by atoms with van der Waals surface area (Å²) in [6.45, 7) is 1.89. The second-order valence-corrected chi connectivity index (χ2v) is 8.85. The monoisotopic (exact) mass is 483 g/mol. The molecule has 0 radical (unpaired) electrons. The molecule has 162 valence electrons. The number of nitrogens with one attached hydrogen (secondary N) is 1. The minimum atomic E-state index is -0.282. The number of rotatable bonds is 7. The van der Waals surface area contributed by atoms with Crippen molar-refractivity contribution in [3.8, 4) is 5.69 Å². The molecule has 0 spiro atoms. The summed E-state index contributed by atoms with van der Waals surface area (Å²) in [5.41, 5.74) is 2.26. The smallest absolute Gasteiger partial charge is 0.252 e. The van der Waals surface area contributed by atoms with Gasteiger partial charge in [-0.05, 0) is 59.3 Å². The van der Waals surface area contributed by atoms with Gasteiger partial charge in [-0.15, -0.1) is 16.9 Å². The van der Waals surface area contributed by atoms with Gasteiger partial charge < -0.3 is 5.32 Å². The first-order valence-electron chi connectivity index (χ1n) is 9.83. The average Bonchev–Trinajstić information content (AvgIpc) is 3.27. The highest BCUT2D eigenvalue weighted by Gasteiger charge is 2.18. The predicted molar refractivity (Wildman–Crippen MR) is 128 cm³/mol. The zero-order valence-corrected chi connectivity index (χ0v) is 19.4. The van der Waals surface area contributed by atoms with Crippen molar-refractivity contribution in [1.29, 1.82) is 0 Å². The van der Waals surface area contributed by atoms with Gasteiger partial charge >= 0.3 is 0 Å². The first-order chi connectivity index (χ1) is 15.5. The van der Waals surface area contributed by atoms with Crippen molar-refractivity contribution in [2.75, 3.05) is 0 Å². The second kappa shape index (κ2) is 10.2. The number of carbonyl (C=O) groups is 1. The number of carbonyl (C=O) groups excluding carboxylic acids is 1. The predicted octanol–water partition coefficient (Wildman–Crippen LogP) is 5.75. The number of hydrogen-bond acceptors (Lipinski definition) is 5. The van der Waals surface area contributed by atoms with E-state index in [1.165, 1.54) is 11.8 Å². The molecule has 1 atom stereocenters. The molecule has 0 aliphatic heterocycles. The van der Waals surface area contributed by atoms with Gasteiger partial charge in [-0.3, -0.25) is 4.79 Å². The SMILES string of the molecule is CC(NC(=O)c1ccccc1SCc1nnnn1-c1ccccc1)c1ccc(Cl)cc1Cl. The van der Waals surface area contributed by atoms with Crippen LogP contribution in [-0.2, 0) is 5.75 Å². The molecule has 1 unspecified atom stereocenters. The van der Waals surface area contributed by atoms with Crippen LogP contribution in [0.5, 0.6) is 0 Å². The number of hydrogen-bond donors (Lipinski definition) is 1. The third-order valence-electron chi connectivity index (χ3n) is 4.80. The largest absolute Gasteiger partial charge is 0.345 e. The number of tetrazole rings is 1. The molecule has 4 aromatic rings. The maximum Gasteiger partial charge on any atom is 0.252 e. The van der Waals surface area contributed by atoms with Gasteiger partial charge in [0.15, 0.2) is 5.82 Å². The van der Waals surface area contributed by atoms with Crippen LogP contribution >= 0.6 is 35.0 Å². The third-order valence-corrected chi connectivity index (χ3v) is 6.43. The van der Waals surface area contributed by atoms with E-state index in [1.54, 1.807) is 22.9 Å². The fourth-order valence-electron chi connectivity index (χ4n) is 3.19. The third kappa shape index (κ3) is 5.12. The van der Waals surface area contributed by atoms with Gasteiger partial charge in [0.25, 0.3) is 5.91 Å². The highest BCUT2D eigenvalue weighted by atomic mass is 35.5. The van der Waals surface area contributed by atoms with E-state index < -0.39 is 0 Å². The number of aromatic nitrogens is 4. The Labute approximate surface area is 199 Å². The Bertz CT molecular complexity index is 1230. The molecule has 3 aromatic carbocycles. The van der Waals surface area contributed by atoms with Crippen LogP contribution in [0.2, 0.25) is 10.0 Å². The fourth-order valence-corrected chi connectivity index (χ4v) is 4.72. The van der Waals surface area contributed by atoms with Crippen molar-refractivity contribution < 1.29 is 4.79 Å². The average molecular weight is 484 g/mol. The van der Waals surface area contributed by atoms with Crippen LogP contribution in [0.1, 0.15) is 34.7 Å². The van der Waals surface area contributed by atoms with E-state index in [0.29, 0.717) is 27.2 Å². The first-order valence-corrected chi connectivity index (χ1v) is 11.6. The molecule has 0 saturated heterocycles. The van der Waals surface area contributed by atoms with Gasteiger partial charge in [-0.2, -0.15) is 4.68 Å². The van der Waals surface area contributed by atoms with E-state index in [9.17, 15) is 4.79 Å². The molecule has 1 amide bonds. The molecule has 4 rings (SSSR count). The quantitative estimate of drug-likeness (QED) is 0.338. The van der Waals surface area contributed by atoms with Gasteiger partial charge in [-0.1, -0.05) is 59.6 Å². The molecule has 0 bridgehead atoms. The lowest BCUT2D eigenvalue weighted by Gasteiger charge is -2.17. The number of benzene rings is 3. The zero-order chi connectivity index (χ0) is 22.5. The number of nitrogens with zero attached hydrogens (tertiary/aromatic N) is 4. The summed E-state index contributed by atoms with van der Waals surface area (Å²) in [6, 6.07) is 22.1. The van der Waals surface area contributed by atoms with E-state index in [0.717, 1.165) is 16.1 Å². The molecule has 0 aliphatic carbocycles. The lowest BCUT2D eigenvalue weighted by atomic mass is 10.1. The van der Waals surface area contributed by atoms with Gasteiger partial charge in [0, 0.05) is 14.9 Å². The van der Waals surface area contributed by atoms with Crippen LogP contribution in [0.4, 0.5) is 0 Å². The highest BCUT2D eigenvalue weighted by Crippen LogP contribution is 2.29. The van der Waals surface area contributed by atoms with Crippen molar-refractivity contribution in [2.24, 2.45) is 0 Å². The molecule has 9 heteroatoms. The van der Waals surface area contributed by atoms with Crippen LogP contribution in [-0.4, -0.2) is 26.1 Å². The Hall–Kier alpha value is -2.87. The Kier molecular flexibility index (Phi) is 7.09. The molecule has 1 aromatic heterocycles. The van der Waals surface area contributed by atoms with Gasteiger partial charge in [-0.25, -0.2) is 0 Å². The van der Waals surface area contributed by atoms with E-state index in [4.69, 9.17) is 23.2 Å². The Morgan fingerprint density at radius 1 is 1.06 bits per heavy atom. The normalized spacial score (nSPS) is 11.8. The summed E-state index contributed by atoms with van der Waals surface area (Å²) >= 11 is 13.8. The van der Waals surface area contributed by atoms with Crippen molar-refractivity contribution in [3.05, 3.63) is 99.8 Å². The summed E-state index contributed by atoms with van der Waals surface area (Å²) in [4.78, 5) is 13.9. The van der Waals surface area contributed by atoms with Crippen LogP contribution in [0.3, 0.4) is 0 Å². The lowest BCUT2D eigenvalue weighted by Crippen LogP contribution is -2.27. The number of para-hydroxylation sites is 1. The molecule has 32 heavy (non-hydrogen) atoms. The molecule has 0 fully saturated rings. The van der Waals surface area contributed by atoms with Crippen LogP contribution in [0, 0.1) is 0 Å². The Balaban J connectivity index is 1.49. The van der Waals surface area contributed by atoms with Crippen molar-refractivity contribution >= 4 is 40.9 Å². The molecular formula is C23H19Cl2N5OS. The summed E-state index contributed by atoms with van der Waals surface area (Å²) in [6.07, 6.45) is 0. The Morgan fingerprint density at radius 3 is 2.59 bits per heavy atom. The highest BCUT2D eigenvalue weighted by molar-refractivity contribution is 7.98. The maximum atomic E-state index is 13.0. The number of amides is 1. The van der Waals surface area contributed by atoms with Crippen molar-refractivity contribution in [1.82, 2.24) is 25.5 Å². The van der Waals surface area contributed by atoms with E-state index in [1.807, 2.05) is 61.5 Å². The lowest BCUT2D eigenvalue weighted by molar-refractivity contribution is 0.0937. The fraction of sp³-hybridized carbons (Fsp3) is 0.130. The standard InChI is InChI=1S/C23H19Cl2N5OS/c1-15(18-12-11-16(24)13-20(18)25)26-23(31)19-9-5-6-10-21(19)32-14-22-27-28-29-30(22)17-7-3-2-4-8-17/h2-13,15H,14H2,1H3,(H,26,31). The molecule has 6 nitrogen and oxygen atoms in total. The van der Waals surface area contributed by atoms with Crippen LogP contribution in [0.25, 0.3) is 5.69 Å². The molecule has 1 heterocycles. The van der Waals surface area contributed by atoms with E-state index >= 15 is 0 Å². The maximum absolute atomic E-state index is 13.0. The van der Waals surface area contributed by atoms with Gasteiger partial charge in [0.1, 0.15) is 0 Å². The minimum absolute atomic E-state index is 0.186. The zero-order valence-electron chi connectivity index (χ0n) is 17.1. The molecule has 1 N–H and O–H groups in total. The Morgan fingerprint density at radius 2 is 1.81 bits per heavy atom. The minimum Gasteiger partial charge on any atom is -0.345 e. The van der Waals surface area contributed by atoms with Crippen LogP contribution < -0.4 is 5.32 Å². The molecular weight excluding hydrogens is 465 g/mol. The van der Waals surface area contributed by atoms with E-state index in [2.05, 4.69) is 20.8 Å². The van der Waals surface area contributed by atoms with E-state index in [-0.39, 0.29) is 11.9 Å². The van der Waals surface area contributed by atoms with Crippen molar-refractivity contribution in [3.63, 3.8) is 0 Å². The summed E-state index contributed by atoms with van der Waals surface area (Å²) < 4.78 is 1.69. The van der Waals surface area contributed by atoms with Gasteiger partial charge in [0.05, 0.1) is 23.0 Å².